The molecule has 2 aromatic rings. The lowest BCUT2D eigenvalue weighted by molar-refractivity contribution is -0.115. The van der Waals surface area contributed by atoms with Gasteiger partial charge >= 0.3 is 0 Å². The average Bonchev–Trinajstić information content (AvgIpc) is 2.58. The Morgan fingerprint density at radius 3 is 2.54 bits per heavy atom. The molecule has 0 aliphatic carbocycles. The molecule has 7 heteroatoms. The van der Waals surface area contributed by atoms with Crippen LogP contribution >= 0.6 is 23.2 Å². The highest BCUT2D eigenvalue weighted by molar-refractivity contribution is 6.43. The minimum Gasteiger partial charge on any atom is -0.493 e. The van der Waals surface area contributed by atoms with Crippen LogP contribution in [0.15, 0.2) is 36.4 Å². The number of amides is 1. The zero-order chi connectivity index (χ0) is 17.5. The number of hydrogen-bond donors (Lipinski definition) is 2. The van der Waals surface area contributed by atoms with Crippen LogP contribution in [0.4, 0.5) is 11.4 Å². The van der Waals surface area contributed by atoms with E-state index in [9.17, 15) is 4.79 Å². The summed E-state index contributed by atoms with van der Waals surface area (Å²) in [7, 11) is 3.15. The van der Waals surface area contributed by atoms with Crippen molar-refractivity contribution in [2.45, 2.75) is 6.42 Å². The van der Waals surface area contributed by atoms with E-state index in [1.807, 2.05) is 12.1 Å². The predicted molar refractivity (Wildman–Crippen MR) is 97.7 cm³/mol. The minimum atomic E-state index is -0.160. The standard InChI is InChI=1S/C17H18Cl2N2O3/c1-23-14-7-6-11(10-15(14)24-2)20-9-8-16(22)21-13-5-3-4-12(18)17(13)19/h3-7,10,20H,8-9H2,1-2H3,(H,21,22). The molecule has 2 N–H and O–H groups in total. The van der Waals surface area contributed by atoms with Crippen molar-refractivity contribution in [2.75, 3.05) is 31.4 Å². The second-order valence-electron chi connectivity index (χ2n) is 4.90. The molecule has 24 heavy (non-hydrogen) atoms. The van der Waals surface area contributed by atoms with Crippen molar-refractivity contribution < 1.29 is 14.3 Å². The molecule has 0 heterocycles. The normalized spacial score (nSPS) is 10.2. The quantitative estimate of drug-likeness (QED) is 0.757. The topological polar surface area (TPSA) is 59.6 Å². The molecule has 2 rings (SSSR count). The van der Waals surface area contributed by atoms with Crippen LogP contribution in [0.25, 0.3) is 0 Å². The number of methoxy groups -OCH3 is 2. The van der Waals surface area contributed by atoms with Gasteiger partial charge in [-0.25, -0.2) is 0 Å². The minimum absolute atomic E-state index is 0.160. The molecular weight excluding hydrogens is 351 g/mol. The molecule has 5 nitrogen and oxygen atoms in total. The molecule has 0 spiro atoms. The Morgan fingerprint density at radius 1 is 1.08 bits per heavy atom. The second-order valence-corrected chi connectivity index (χ2v) is 5.68. The Hall–Kier alpha value is -2.11. The maximum absolute atomic E-state index is 12.0. The number of nitrogens with one attached hydrogen (secondary N) is 2. The zero-order valence-corrected chi connectivity index (χ0v) is 14.9. The first-order valence-electron chi connectivity index (χ1n) is 7.25. The van der Waals surface area contributed by atoms with Crippen LogP contribution < -0.4 is 20.1 Å². The Morgan fingerprint density at radius 2 is 1.83 bits per heavy atom. The summed E-state index contributed by atoms with van der Waals surface area (Å²) in [5, 5.41) is 6.63. The lowest BCUT2D eigenvalue weighted by atomic mass is 10.2. The van der Waals surface area contributed by atoms with Crippen LogP contribution in [0.3, 0.4) is 0 Å². The van der Waals surface area contributed by atoms with Crippen molar-refractivity contribution in [3.05, 3.63) is 46.4 Å². The van der Waals surface area contributed by atoms with Gasteiger partial charge in [-0.05, 0) is 24.3 Å². The summed E-state index contributed by atoms with van der Waals surface area (Å²) in [6.07, 6.45) is 0.275. The van der Waals surface area contributed by atoms with E-state index in [1.54, 1.807) is 38.5 Å². The third kappa shape index (κ3) is 4.69. The zero-order valence-electron chi connectivity index (χ0n) is 13.4. The fourth-order valence-electron chi connectivity index (χ4n) is 2.08. The molecule has 0 radical (unpaired) electrons. The van der Waals surface area contributed by atoms with Gasteiger partial charge in [-0.1, -0.05) is 29.3 Å². The number of halogens is 2. The summed E-state index contributed by atoms with van der Waals surface area (Å²) in [5.74, 6) is 1.11. The van der Waals surface area contributed by atoms with Gasteiger partial charge in [-0.2, -0.15) is 0 Å². The third-order valence-corrected chi connectivity index (χ3v) is 4.11. The summed E-state index contributed by atoms with van der Waals surface area (Å²) in [6.45, 7) is 0.458. The molecule has 0 fully saturated rings. The molecular formula is C17H18Cl2N2O3. The van der Waals surface area contributed by atoms with E-state index in [1.165, 1.54) is 0 Å². The van der Waals surface area contributed by atoms with Crippen LogP contribution in [0, 0.1) is 0 Å². The van der Waals surface area contributed by atoms with Crippen LogP contribution in [-0.4, -0.2) is 26.7 Å². The number of carbonyl (C=O) groups is 1. The molecule has 0 bridgehead atoms. The molecule has 128 valence electrons. The van der Waals surface area contributed by atoms with E-state index < -0.39 is 0 Å². The Bertz CT molecular complexity index is 723. The lowest BCUT2D eigenvalue weighted by Crippen LogP contribution is -2.16. The van der Waals surface area contributed by atoms with Crippen LogP contribution in [-0.2, 0) is 4.79 Å². The average molecular weight is 369 g/mol. The number of ether oxygens (including phenoxy) is 2. The summed E-state index contributed by atoms with van der Waals surface area (Å²) in [5.41, 5.74) is 1.33. The summed E-state index contributed by atoms with van der Waals surface area (Å²) < 4.78 is 10.4. The Kier molecular flexibility index (Phi) is 6.58. The smallest absolute Gasteiger partial charge is 0.226 e. The maximum atomic E-state index is 12.0. The van der Waals surface area contributed by atoms with Crippen molar-refractivity contribution in [3.8, 4) is 11.5 Å². The molecule has 0 aromatic heterocycles. The highest BCUT2D eigenvalue weighted by Gasteiger charge is 2.09. The van der Waals surface area contributed by atoms with Crippen LogP contribution in [0.5, 0.6) is 11.5 Å². The largest absolute Gasteiger partial charge is 0.493 e. The van der Waals surface area contributed by atoms with Crippen molar-refractivity contribution in [3.63, 3.8) is 0 Å². The first-order valence-corrected chi connectivity index (χ1v) is 8.00. The predicted octanol–water partition coefficient (Wildman–Crippen LogP) is 4.45. The first kappa shape index (κ1) is 18.2. The van der Waals surface area contributed by atoms with Gasteiger partial charge in [0.15, 0.2) is 11.5 Å². The number of carbonyl (C=O) groups excluding carboxylic acids is 1. The highest BCUT2D eigenvalue weighted by atomic mass is 35.5. The molecule has 0 atom stereocenters. The highest BCUT2D eigenvalue weighted by Crippen LogP contribution is 2.30. The fraction of sp³-hybridized carbons (Fsp3) is 0.235. The van der Waals surface area contributed by atoms with E-state index in [-0.39, 0.29) is 12.3 Å². The monoisotopic (exact) mass is 368 g/mol. The van der Waals surface area contributed by atoms with Crippen molar-refractivity contribution in [2.24, 2.45) is 0 Å². The summed E-state index contributed by atoms with van der Waals surface area (Å²) in [6, 6.07) is 10.6. The Balaban J connectivity index is 1.87. The van der Waals surface area contributed by atoms with E-state index in [2.05, 4.69) is 10.6 Å². The fourth-order valence-corrected chi connectivity index (χ4v) is 2.43. The van der Waals surface area contributed by atoms with Crippen molar-refractivity contribution in [1.82, 2.24) is 0 Å². The van der Waals surface area contributed by atoms with Crippen LogP contribution in [0.1, 0.15) is 6.42 Å². The van der Waals surface area contributed by atoms with E-state index in [4.69, 9.17) is 32.7 Å². The molecule has 1 amide bonds. The lowest BCUT2D eigenvalue weighted by Gasteiger charge is -2.12. The van der Waals surface area contributed by atoms with Gasteiger partial charge in [0.2, 0.25) is 5.91 Å². The van der Waals surface area contributed by atoms with E-state index >= 15 is 0 Å². The number of anilines is 2. The summed E-state index contributed by atoms with van der Waals surface area (Å²) >= 11 is 12.0. The number of benzene rings is 2. The number of rotatable bonds is 7. The molecule has 0 aliphatic heterocycles. The van der Waals surface area contributed by atoms with Crippen LogP contribution in [0.2, 0.25) is 10.0 Å². The molecule has 2 aromatic carbocycles. The summed E-state index contributed by atoms with van der Waals surface area (Å²) in [4.78, 5) is 12.0. The Labute approximate surface area is 150 Å². The van der Waals surface area contributed by atoms with Gasteiger partial charge < -0.3 is 20.1 Å². The van der Waals surface area contributed by atoms with Gasteiger partial charge in [0.25, 0.3) is 0 Å². The van der Waals surface area contributed by atoms with E-state index in [0.29, 0.717) is 33.8 Å². The van der Waals surface area contributed by atoms with Gasteiger partial charge in [0.1, 0.15) is 0 Å². The maximum Gasteiger partial charge on any atom is 0.226 e. The molecule has 0 saturated carbocycles. The van der Waals surface area contributed by atoms with Gasteiger partial charge in [-0.15, -0.1) is 0 Å². The van der Waals surface area contributed by atoms with Gasteiger partial charge in [-0.3, -0.25) is 4.79 Å². The van der Waals surface area contributed by atoms with Gasteiger partial charge in [0.05, 0.1) is 30.0 Å². The number of hydrogen-bond acceptors (Lipinski definition) is 4. The van der Waals surface area contributed by atoms with E-state index in [0.717, 1.165) is 5.69 Å². The second kappa shape index (κ2) is 8.66. The third-order valence-electron chi connectivity index (χ3n) is 3.29. The van der Waals surface area contributed by atoms with Gasteiger partial charge in [0, 0.05) is 24.7 Å². The van der Waals surface area contributed by atoms with Crippen molar-refractivity contribution >= 4 is 40.5 Å². The molecule has 0 saturated heterocycles. The SMILES string of the molecule is COc1ccc(NCCC(=O)Nc2cccc(Cl)c2Cl)cc1OC. The van der Waals surface area contributed by atoms with Crippen molar-refractivity contribution in [1.29, 1.82) is 0 Å². The molecule has 0 unspecified atom stereocenters. The molecule has 0 aliphatic rings. The first-order chi connectivity index (χ1) is 11.5.